The van der Waals surface area contributed by atoms with Crippen LogP contribution in [0.3, 0.4) is 0 Å². The van der Waals surface area contributed by atoms with Crippen LogP contribution in [0.25, 0.3) is 0 Å². The highest BCUT2D eigenvalue weighted by molar-refractivity contribution is 7.99. The van der Waals surface area contributed by atoms with Crippen molar-refractivity contribution in [2.24, 2.45) is 5.73 Å². The molecule has 4 rings (SSSR count). The van der Waals surface area contributed by atoms with E-state index in [1.165, 1.54) is 25.8 Å². The highest BCUT2D eigenvalue weighted by Crippen LogP contribution is 2.45. The topological polar surface area (TPSA) is 102 Å². The van der Waals surface area contributed by atoms with Gasteiger partial charge in [-0.3, -0.25) is 19.3 Å². The Hall–Kier alpha value is -3.76. The standard InChI is InChI=1S/C27H25F2N3O4S/c1-15(30)27(35)32(23(33)13-16-11-18(28)14-19(29)12-16)24-25(17-7-9-20(36-2)10-8-17)37-22-6-4-3-5-21(22)31-26(24)34/h3-12,14-15,24-25H,13,30H2,1-2H3,(H,31,34)/t15-,24-,25+/m0/s1. The first kappa shape index (κ1) is 26.3. The smallest absolute Gasteiger partial charge is 0.249 e. The lowest BCUT2D eigenvalue weighted by atomic mass is 10.0. The van der Waals surface area contributed by atoms with E-state index < -0.39 is 53.1 Å². The number of carbonyl (C=O) groups excluding carboxylic acids is 3. The van der Waals surface area contributed by atoms with E-state index >= 15 is 0 Å². The first-order chi connectivity index (χ1) is 17.7. The monoisotopic (exact) mass is 525 g/mol. The number of fused-ring (bicyclic) bond motifs is 1. The van der Waals surface area contributed by atoms with Gasteiger partial charge in [-0.25, -0.2) is 8.78 Å². The highest BCUT2D eigenvalue weighted by atomic mass is 32.2. The van der Waals surface area contributed by atoms with Crippen LogP contribution in [-0.2, 0) is 20.8 Å². The number of benzene rings is 3. The van der Waals surface area contributed by atoms with Crippen molar-refractivity contribution in [3.63, 3.8) is 0 Å². The summed E-state index contributed by atoms with van der Waals surface area (Å²) < 4.78 is 32.9. The summed E-state index contributed by atoms with van der Waals surface area (Å²) in [5, 5.41) is 2.10. The first-order valence-corrected chi connectivity index (χ1v) is 12.3. The number of nitrogens with two attached hydrogens (primary N) is 1. The van der Waals surface area contributed by atoms with Crippen molar-refractivity contribution < 1.29 is 27.9 Å². The molecule has 0 aromatic heterocycles. The number of carbonyl (C=O) groups is 3. The summed E-state index contributed by atoms with van der Waals surface area (Å²) in [4.78, 5) is 42.2. The van der Waals surface area contributed by atoms with Crippen molar-refractivity contribution in [3.05, 3.63) is 89.5 Å². The normalized spacial score (nSPS) is 17.7. The fourth-order valence-corrected chi connectivity index (χ4v) is 5.47. The number of nitrogens with one attached hydrogen (secondary N) is 1. The van der Waals surface area contributed by atoms with E-state index in [1.807, 2.05) is 12.1 Å². The van der Waals surface area contributed by atoms with Gasteiger partial charge in [-0.15, -0.1) is 11.8 Å². The van der Waals surface area contributed by atoms with E-state index in [0.717, 1.165) is 21.9 Å². The third kappa shape index (κ3) is 5.81. The molecule has 0 saturated heterocycles. The molecule has 0 aliphatic carbocycles. The van der Waals surface area contributed by atoms with Crippen molar-refractivity contribution in [2.75, 3.05) is 12.4 Å². The summed E-state index contributed by atoms with van der Waals surface area (Å²) in [5.41, 5.74) is 7.11. The first-order valence-electron chi connectivity index (χ1n) is 11.4. The van der Waals surface area contributed by atoms with Gasteiger partial charge in [-0.2, -0.15) is 0 Å². The van der Waals surface area contributed by atoms with Crippen LogP contribution in [0.5, 0.6) is 5.75 Å². The average molecular weight is 526 g/mol. The number of anilines is 1. The molecule has 3 atom stereocenters. The molecule has 7 nitrogen and oxygen atoms in total. The summed E-state index contributed by atoms with van der Waals surface area (Å²) in [6, 6.07) is 14.4. The molecule has 1 heterocycles. The van der Waals surface area contributed by atoms with Gasteiger partial charge in [0.2, 0.25) is 17.7 Å². The fourth-order valence-electron chi connectivity index (χ4n) is 4.12. The number of imide groups is 1. The van der Waals surface area contributed by atoms with E-state index in [9.17, 15) is 23.2 Å². The van der Waals surface area contributed by atoms with Gasteiger partial charge in [0.15, 0.2) is 0 Å². The SMILES string of the molecule is COc1ccc([C@H]2Sc3ccccc3NC(=O)[C@H]2N(C(=O)Cc2cc(F)cc(F)c2)C(=O)[C@H](C)N)cc1. The minimum absolute atomic E-state index is 0.0240. The zero-order chi connectivity index (χ0) is 26.7. The Balaban J connectivity index is 1.81. The van der Waals surface area contributed by atoms with Gasteiger partial charge in [0.05, 0.1) is 30.5 Å². The van der Waals surface area contributed by atoms with Crippen molar-refractivity contribution in [3.8, 4) is 5.75 Å². The molecule has 1 aliphatic rings. The van der Waals surface area contributed by atoms with E-state index in [1.54, 1.807) is 36.4 Å². The van der Waals surface area contributed by atoms with Crippen LogP contribution in [0.1, 0.15) is 23.3 Å². The number of para-hydroxylation sites is 1. The Morgan fingerprint density at radius 1 is 1.08 bits per heavy atom. The molecule has 10 heteroatoms. The molecule has 0 spiro atoms. The lowest BCUT2D eigenvalue weighted by Crippen LogP contribution is -2.56. The number of thioether (sulfide) groups is 1. The second-order valence-electron chi connectivity index (χ2n) is 8.59. The maximum absolute atomic E-state index is 13.8. The third-order valence-corrected chi connectivity index (χ3v) is 7.24. The molecule has 0 fully saturated rings. The van der Waals surface area contributed by atoms with Gasteiger partial charge in [0.25, 0.3) is 0 Å². The number of ether oxygens (including phenoxy) is 1. The Kier molecular flexibility index (Phi) is 7.89. The molecule has 3 aromatic rings. The summed E-state index contributed by atoms with van der Waals surface area (Å²) in [5.74, 6) is -3.31. The maximum atomic E-state index is 13.8. The maximum Gasteiger partial charge on any atom is 0.249 e. The minimum Gasteiger partial charge on any atom is -0.497 e. The Labute approximate surface area is 217 Å². The average Bonchev–Trinajstić information content (AvgIpc) is 2.99. The predicted molar refractivity (Wildman–Crippen MR) is 136 cm³/mol. The zero-order valence-corrected chi connectivity index (χ0v) is 20.9. The van der Waals surface area contributed by atoms with E-state index in [4.69, 9.17) is 10.5 Å². The predicted octanol–water partition coefficient (Wildman–Crippen LogP) is 4.07. The largest absolute Gasteiger partial charge is 0.497 e. The number of hydrogen-bond donors (Lipinski definition) is 2. The van der Waals surface area contributed by atoms with Crippen molar-refractivity contribution in [1.29, 1.82) is 0 Å². The fraction of sp³-hybridized carbons (Fsp3) is 0.222. The molecule has 0 saturated carbocycles. The molecule has 0 radical (unpaired) electrons. The summed E-state index contributed by atoms with van der Waals surface area (Å²) in [7, 11) is 1.53. The van der Waals surface area contributed by atoms with Gasteiger partial charge in [-0.1, -0.05) is 24.3 Å². The van der Waals surface area contributed by atoms with Gasteiger partial charge >= 0.3 is 0 Å². The van der Waals surface area contributed by atoms with Crippen LogP contribution in [0.4, 0.5) is 14.5 Å². The van der Waals surface area contributed by atoms with Crippen LogP contribution < -0.4 is 15.8 Å². The lowest BCUT2D eigenvalue weighted by molar-refractivity contribution is -0.151. The number of rotatable bonds is 6. The van der Waals surface area contributed by atoms with Crippen LogP contribution in [0.15, 0.2) is 71.6 Å². The Morgan fingerprint density at radius 3 is 2.35 bits per heavy atom. The number of halogens is 2. The number of amides is 3. The molecular formula is C27H25F2N3O4S. The van der Waals surface area contributed by atoms with Crippen molar-refractivity contribution >= 4 is 35.2 Å². The Bertz CT molecular complexity index is 1310. The molecule has 3 N–H and O–H groups in total. The van der Waals surface area contributed by atoms with Gasteiger partial charge < -0.3 is 15.8 Å². The molecule has 192 valence electrons. The zero-order valence-electron chi connectivity index (χ0n) is 20.1. The summed E-state index contributed by atoms with van der Waals surface area (Å²) >= 11 is 1.31. The highest BCUT2D eigenvalue weighted by Gasteiger charge is 2.44. The minimum atomic E-state index is -1.31. The van der Waals surface area contributed by atoms with Crippen LogP contribution in [0.2, 0.25) is 0 Å². The lowest BCUT2D eigenvalue weighted by Gasteiger charge is -2.34. The van der Waals surface area contributed by atoms with Gasteiger partial charge in [0, 0.05) is 11.0 Å². The molecule has 3 aromatic carbocycles. The number of hydrogen-bond acceptors (Lipinski definition) is 6. The van der Waals surface area contributed by atoms with Crippen molar-refractivity contribution in [1.82, 2.24) is 4.90 Å². The molecular weight excluding hydrogens is 500 g/mol. The second-order valence-corrected chi connectivity index (χ2v) is 9.77. The number of nitrogens with zero attached hydrogens (tertiary/aromatic N) is 1. The van der Waals surface area contributed by atoms with Crippen LogP contribution in [-0.4, -0.2) is 41.8 Å². The van der Waals surface area contributed by atoms with Gasteiger partial charge in [0.1, 0.15) is 23.4 Å². The second kappa shape index (κ2) is 11.1. The quantitative estimate of drug-likeness (QED) is 0.503. The van der Waals surface area contributed by atoms with Gasteiger partial charge in [-0.05, 0) is 54.4 Å². The molecule has 1 aliphatic heterocycles. The summed E-state index contributed by atoms with van der Waals surface area (Å²) in [6.07, 6.45) is -0.510. The van der Waals surface area contributed by atoms with E-state index in [0.29, 0.717) is 23.1 Å². The summed E-state index contributed by atoms with van der Waals surface area (Å²) in [6.45, 7) is 1.41. The molecule has 0 unspecified atom stereocenters. The third-order valence-electron chi connectivity index (χ3n) is 5.85. The van der Waals surface area contributed by atoms with Crippen LogP contribution >= 0.6 is 11.8 Å². The molecule has 37 heavy (non-hydrogen) atoms. The molecule has 3 amide bonds. The van der Waals surface area contributed by atoms with Crippen LogP contribution in [0, 0.1) is 11.6 Å². The Morgan fingerprint density at radius 2 is 1.73 bits per heavy atom. The number of methoxy groups -OCH3 is 1. The molecule has 0 bridgehead atoms. The van der Waals surface area contributed by atoms with Crippen molar-refractivity contribution in [2.45, 2.75) is 35.6 Å². The van der Waals surface area contributed by atoms with E-state index in [-0.39, 0.29) is 5.56 Å². The van der Waals surface area contributed by atoms with E-state index in [2.05, 4.69) is 5.32 Å².